The number of thiol groups is 1. The first-order chi connectivity index (χ1) is 7.33. The number of rotatable bonds is 7. The molecule has 0 aromatic heterocycles. The molecule has 0 amide bonds. The Bertz CT molecular complexity index is 152. The topological polar surface area (TPSA) is 21.7 Å². The van der Waals surface area contributed by atoms with Crippen molar-refractivity contribution >= 4 is 12.6 Å². The fourth-order valence-electron chi connectivity index (χ4n) is 1.60. The van der Waals surface area contributed by atoms with Crippen LogP contribution < -0.4 is 0 Å². The third kappa shape index (κ3) is 6.40. The maximum Gasteiger partial charge on any atom is 0.0594 e. The maximum absolute atomic E-state index is 5.54. The van der Waals surface area contributed by atoms with Crippen LogP contribution in [0.15, 0.2) is 0 Å². The molecule has 0 spiro atoms. The van der Waals surface area contributed by atoms with Gasteiger partial charge in [0.2, 0.25) is 0 Å². The molecule has 15 heavy (non-hydrogen) atoms. The molecule has 0 aromatic carbocycles. The highest BCUT2D eigenvalue weighted by molar-refractivity contribution is 7.81. The molecule has 0 radical (unpaired) electrons. The van der Waals surface area contributed by atoms with E-state index < -0.39 is 0 Å². The summed E-state index contributed by atoms with van der Waals surface area (Å²) >= 11 is 4.53. The van der Waals surface area contributed by atoms with Gasteiger partial charge in [-0.3, -0.25) is 4.90 Å². The van der Waals surface area contributed by atoms with Crippen LogP contribution in [-0.4, -0.2) is 56.2 Å². The molecular formula is C11H23NO2S. The van der Waals surface area contributed by atoms with Crippen LogP contribution in [0.4, 0.5) is 0 Å². The van der Waals surface area contributed by atoms with Crippen molar-refractivity contribution < 1.29 is 9.47 Å². The summed E-state index contributed by atoms with van der Waals surface area (Å²) < 4.78 is 10.8. The summed E-state index contributed by atoms with van der Waals surface area (Å²) in [6, 6.07) is 0. The average Bonchev–Trinajstić information content (AvgIpc) is 2.26. The Morgan fingerprint density at radius 3 is 2.80 bits per heavy atom. The molecule has 0 bridgehead atoms. The molecule has 0 aliphatic carbocycles. The van der Waals surface area contributed by atoms with E-state index in [-0.39, 0.29) is 0 Å². The molecule has 4 heteroatoms. The van der Waals surface area contributed by atoms with Crippen molar-refractivity contribution in [3.63, 3.8) is 0 Å². The first-order valence-corrected chi connectivity index (χ1v) is 6.40. The van der Waals surface area contributed by atoms with Crippen LogP contribution in [0.25, 0.3) is 0 Å². The molecule has 1 aliphatic heterocycles. The van der Waals surface area contributed by atoms with E-state index in [1.165, 1.54) is 6.42 Å². The Morgan fingerprint density at radius 1 is 1.40 bits per heavy atom. The zero-order valence-corrected chi connectivity index (χ0v) is 10.5. The van der Waals surface area contributed by atoms with Crippen molar-refractivity contribution in [2.75, 3.05) is 46.1 Å². The number of ether oxygens (including phenoxy) is 2. The molecule has 1 atom stereocenters. The first kappa shape index (κ1) is 13.3. The predicted molar refractivity (Wildman–Crippen MR) is 65.8 cm³/mol. The Hall–Kier alpha value is 0.230. The molecule has 0 aromatic rings. The third-order valence-corrected chi connectivity index (χ3v) is 2.84. The number of hydrogen-bond acceptors (Lipinski definition) is 4. The molecule has 1 aliphatic rings. The number of nitrogens with zero attached hydrogens (tertiary/aromatic N) is 1. The molecule has 90 valence electrons. The Kier molecular flexibility index (Phi) is 7.44. The van der Waals surface area contributed by atoms with E-state index >= 15 is 0 Å². The summed E-state index contributed by atoms with van der Waals surface area (Å²) in [5.74, 6) is 0. The van der Waals surface area contributed by atoms with Crippen molar-refractivity contribution in [1.29, 1.82) is 0 Å². The van der Waals surface area contributed by atoms with Gasteiger partial charge in [-0.2, -0.15) is 12.6 Å². The highest BCUT2D eigenvalue weighted by Gasteiger charge is 2.13. The van der Waals surface area contributed by atoms with Gasteiger partial charge < -0.3 is 9.47 Å². The van der Waals surface area contributed by atoms with Crippen LogP contribution >= 0.6 is 12.6 Å². The van der Waals surface area contributed by atoms with Gasteiger partial charge in [0.15, 0.2) is 0 Å². The zero-order valence-electron chi connectivity index (χ0n) is 9.65. The van der Waals surface area contributed by atoms with Crippen LogP contribution in [0, 0.1) is 0 Å². The highest BCUT2D eigenvalue weighted by Crippen LogP contribution is 2.04. The Balaban J connectivity index is 1.98. The van der Waals surface area contributed by atoms with Gasteiger partial charge in [-0.1, -0.05) is 13.3 Å². The second-order valence-electron chi connectivity index (χ2n) is 4.00. The van der Waals surface area contributed by atoms with E-state index in [0.717, 1.165) is 52.5 Å². The van der Waals surface area contributed by atoms with Crippen molar-refractivity contribution in [1.82, 2.24) is 4.90 Å². The lowest BCUT2D eigenvalue weighted by atomic mass is 10.3. The molecule has 1 unspecified atom stereocenters. The Labute approximate surface area is 98.5 Å². The first-order valence-electron chi connectivity index (χ1n) is 5.89. The standard InChI is InChI=1S/C11H23NO2S/c1-2-3-6-14-10-11(15)9-12-4-7-13-8-5-12/h11,15H,2-10H2,1H3. The van der Waals surface area contributed by atoms with Crippen LogP contribution in [-0.2, 0) is 9.47 Å². The minimum absolute atomic E-state index is 0.333. The smallest absolute Gasteiger partial charge is 0.0594 e. The summed E-state index contributed by atoms with van der Waals surface area (Å²) in [7, 11) is 0. The predicted octanol–water partition coefficient (Wildman–Crippen LogP) is 1.43. The molecule has 1 heterocycles. The van der Waals surface area contributed by atoms with E-state index in [1.807, 2.05) is 0 Å². The van der Waals surface area contributed by atoms with Gasteiger partial charge in [0.05, 0.1) is 19.8 Å². The summed E-state index contributed by atoms with van der Waals surface area (Å²) in [6.07, 6.45) is 2.35. The fraction of sp³-hybridized carbons (Fsp3) is 1.00. The van der Waals surface area contributed by atoms with Crippen molar-refractivity contribution in [2.45, 2.75) is 25.0 Å². The summed E-state index contributed by atoms with van der Waals surface area (Å²) in [5.41, 5.74) is 0. The lowest BCUT2D eigenvalue weighted by Crippen LogP contribution is -2.40. The van der Waals surface area contributed by atoms with Crippen LogP contribution in [0.1, 0.15) is 19.8 Å². The lowest BCUT2D eigenvalue weighted by molar-refractivity contribution is 0.0333. The quantitative estimate of drug-likeness (QED) is 0.531. The molecule has 3 nitrogen and oxygen atoms in total. The van der Waals surface area contributed by atoms with Gasteiger partial charge in [0.25, 0.3) is 0 Å². The average molecular weight is 233 g/mol. The van der Waals surface area contributed by atoms with Gasteiger partial charge in [-0.15, -0.1) is 0 Å². The molecule has 0 saturated carbocycles. The lowest BCUT2D eigenvalue weighted by Gasteiger charge is -2.28. The second kappa shape index (κ2) is 8.39. The minimum Gasteiger partial charge on any atom is -0.380 e. The maximum atomic E-state index is 5.54. The summed E-state index contributed by atoms with van der Waals surface area (Å²) in [5, 5.41) is 0.333. The van der Waals surface area contributed by atoms with Gasteiger partial charge >= 0.3 is 0 Å². The number of unbranched alkanes of at least 4 members (excludes halogenated alkanes) is 1. The normalized spacial score (nSPS) is 20.4. The fourth-order valence-corrected chi connectivity index (χ4v) is 1.94. The Morgan fingerprint density at radius 2 is 2.13 bits per heavy atom. The van der Waals surface area contributed by atoms with Gasteiger partial charge in [0.1, 0.15) is 0 Å². The van der Waals surface area contributed by atoms with Crippen molar-refractivity contribution in [2.24, 2.45) is 0 Å². The van der Waals surface area contributed by atoms with E-state index in [4.69, 9.17) is 9.47 Å². The summed E-state index contributed by atoms with van der Waals surface area (Å²) in [4.78, 5) is 2.39. The van der Waals surface area contributed by atoms with E-state index in [1.54, 1.807) is 0 Å². The summed E-state index contributed by atoms with van der Waals surface area (Å²) in [6.45, 7) is 8.61. The van der Waals surface area contributed by atoms with Crippen LogP contribution in [0.2, 0.25) is 0 Å². The van der Waals surface area contributed by atoms with Gasteiger partial charge in [0, 0.05) is 31.5 Å². The van der Waals surface area contributed by atoms with E-state index in [9.17, 15) is 0 Å². The highest BCUT2D eigenvalue weighted by atomic mass is 32.1. The largest absolute Gasteiger partial charge is 0.380 e. The van der Waals surface area contributed by atoms with Crippen molar-refractivity contribution in [3.8, 4) is 0 Å². The molecule has 1 rings (SSSR count). The van der Waals surface area contributed by atoms with Crippen LogP contribution in [0.3, 0.4) is 0 Å². The monoisotopic (exact) mass is 233 g/mol. The number of hydrogen-bond donors (Lipinski definition) is 1. The third-order valence-electron chi connectivity index (χ3n) is 2.53. The van der Waals surface area contributed by atoms with E-state index in [0.29, 0.717) is 5.25 Å². The molecule has 1 saturated heterocycles. The van der Waals surface area contributed by atoms with Crippen LogP contribution in [0.5, 0.6) is 0 Å². The molecule has 1 fully saturated rings. The van der Waals surface area contributed by atoms with E-state index in [2.05, 4.69) is 24.5 Å². The minimum atomic E-state index is 0.333. The van der Waals surface area contributed by atoms with Gasteiger partial charge in [-0.25, -0.2) is 0 Å². The number of morpholine rings is 1. The van der Waals surface area contributed by atoms with Gasteiger partial charge in [-0.05, 0) is 6.42 Å². The van der Waals surface area contributed by atoms with Crippen molar-refractivity contribution in [3.05, 3.63) is 0 Å². The zero-order chi connectivity index (χ0) is 10.9. The molecular weight excluding hydrogens is 210 g/mol. The second-order valence-corrected chi connectivity index (χ2v) is 4.73. The SMILES string of the molecule is CCCCOCC(S)CN1CCOCC1. The molecule has 0 N–H and O–H groups in total.